The number of carbonyl (C=O) groups excluding carboxylic acids is 4. The number of phosphoric ester groups is 2. The van der Waals surface area contributed by atoms with Crippen LogP contribution in [0.5, 0.6) is 0 Å². The Bertz CT molecular complexity index is 1770. The smallest absolute Gasteiger partial charge is 0.462 e. The molecule has 0 aliphatic heterocycles. The number of hydrogen-bond acceptors (Lipinski definition) is 15. The van der Waals surface area contributed by atoms with Gasteiger partial charge in [0, 0.05) is 25.7 Å². The van der Waals surface area contributed by atoms with Crippen LogP contribution >= 0.6 is 15.6 Å². The molecule has 3 N–H and O–H groups in total. The molecule has 0 aromatic carbocycles. The first-order chi connectivity index (χ1) is 42.6. The third-order valence-corrected chi connectivity index (χ3v) is 18.3. The van der Waals surface area contributed by atoms with Crippen molar-refractivity contribution in [1.82, 2.24) is 0 Å². The fraction of sp³-hybridized carbons (Fsp3) is 0.943. The van der Waals surface area contributed by atoms with Gasteiger partial charge in [-0.15, -0.1) is 0 Å². The summed E-state index contributed by atoms with van der Waals surface area (Å²) in [4.78, 5) is 72.5. The van der Waals surface area contributed by atoms with Crippen LogP contribution in [-0.2, 0) is 65.4 Å². The van der Waals surface area contributed by atoms with Gasteiger partial charge in [-0.05, 0) is 49.4 Å². The first kappa shape index (κ1) is 87.1. The van der Waals surface area contributed by atoms with Crippen molar-refractivity contribution >= 4 is 39.5 Å². The lowest BCUT2D eigenvalue weighted by Gasteiger charge is -2.21. The van der Waals surface area contributed by atoms with Gasteiger partial charge >= 0.3 is 39.5 Å². The summed E-state index contributed by atoms with van der Waals surface area (Å²) >= 11 is 0. The molecule has 19 heteroatoms. The molecule has 0 saturated heterocycles. The summed E-state index contributed by atoms with van der Waals surface area (Å²) in [6.45, 7) is 14.0. The predicted octanol–water partition coefficient (Wildman–Crippen LogP) is 19.7. The molecule has 0 amide bonds. The maximum Gasteiger partial charge on any atom is 0.472 e. The van der Waals surface area contributed by atoms with Crippen LogP contribution in [0.3, 0.4) is 0 Å². The Morgan fingerprint density at radius 3 is 0.798 bits per heavy atom. The van der Waals surface area contributed by atoms with Crippen molar-refractivity contribution in [2.45, 2.75) is 363 Å². The zero-order chi connectivity index (χ0) is 66.1. The number of carbonyl (C=O) groups is 4. The van der Waals surface area contributed by atoms with Crippen LogP contribution in [0.1, 0.15) is 344 Å². The number of hydrogen-bond donors (Lipinski definition) is 3. The Labute approximate surface area is 543 Å². The standard InChI is InChI=1S/C70H136O17P2/c1-9-63(8)49-41-33-28-29-37-45-53-70(75)87-66(57-81-68(73)51-43-35-27-21-24-32-40-48-62(6)7)59-85-89(78,79)83-55-64(71)54-82-88(76,77)84-58-65(86-69(74)52-44-36-26-20-16-18-23-31-39-47-61(4)5)56-80-67(72)50-42-34-25-19-15-13-11-10-12-14-17-22-30-38-46-60(2)3/h60-66,71H,9-59H2,1-8H3,(H,76,77)(H,78,79)/t63?,64?,65-,66-/m1/s1. The van der Waals surface area contributed by atoms with Gasteiger partial charge < -0.3 is 33.8 Å². The molecule has 0 bridgehead atoms. The minimum Gasteiger partial charge on any atom is -0.462 e. The Hall–Kier alpha value is -1.94. The highest BCUT2D eigenvalue weighted by atomic mass is 31.2. The summed E-state index contributed by atoms with van der Waals surface area (Å²) in [5, 5.41) is 10.6. The zero-order valence-corrected chi connectivity index (χ0v) is 59.8. The molecule has 0 heterocycles. The minimum absolute atomic E-state index is 0.102. The highest BCUT2D eigenvalue weighted by Gasteiger charge is 2.30. The maximum atomic E-state index is 13.0. The van der Waals surface area contributed by atoms with E-state index in [9.17, 15) is 43.2 Å². The van der Waals surface area contributed by atoms with E-state index >= 15 is 0 Å². The molecule has 89 heavy (non-hydrogen) atoms. The average molecular weight is 1310 g/mol. The second kappa shape index (κ2) is 59.8. The van der Waals surface area contributed by atoms with E-state index in [1.807, 2.05) is 0 Å². The molecular formula is C70H136O17P2. The van der Waals surface area contributed by atoms with E-state index in [4.69, 9.17) is 37.0 Å². The molecule has 528 valence electrons. The SMILES string of the molecule is CCC(C)CCCCCCCCC(=O)O[C@H](COC(=O)CCCCCCCCCC(C)C)COP(=O)(O)OCC(O)COP(=O)(O)OC[C@@H](COC(=O)CCCCCCCCCCCCCCCCC(C)C)OC(=O)CCCCCCCCCCCC(C)C. The van der Waals surface area contributed by atoms with Gasteiger partial charge in [-0.3, -0.25) is 37.3 Å². The Kier molecular flexibility index (Phi) is 58.5. The van der Waals surface area contributed by atoms with Gasteiger partial charge in [-0.1, -0.05) is 293 Å². The van der Waals surface area contributed by atoms with Crippen molar-refractivity contribution in [1.29, 1.82) is 0 Å². The topological polar surface area (TPSA) is 237 Å². The van der Waals surface area contributed by atoms with Crippen LogP contribution in [0.25, 0.3) is 0 Å². The van der Waals surface area contributed by atoms with Gasteiger partial charge in [0.25, 0.3) is 0 Å². The summed E-state index contributed by atoms with van der Waals surface area (Å²) < 4.78 is 68.2. The van der Waals surface area contributed by atoms with E-state index in [1.165, 1.54) is 141 Å². The van der Waals surface area contributed by atoms with Crippen molar-refractivity contribution in [3.63, 3.8) is 0 Å². The predicted molar refractivity (Wildman–Crippen MR) is 358 cm³/mol. The van der Waals surface area contributed by atoms with Crippen molar-refractivity contribution < 1.29 is 80.2 Å². The monoisotopic (exact) mass is 1310 g/mol. The fourth-order valence-corrected chi connectivity index (χ4v) is 12.0. The highest BCUT2D eigenvalue weighted by Crippen LogP contribution is 2.45. The molecule has 0 aromatic heterocycles. The number of esters is 4. The lowest BCUT2D eigenvalue weighted by Crippen LogP contribution is -2.30. The third kappa shape index (κ3) is 63.2. The first-order valence-electron chi connectivity index (χ1n) is 36.2. The van der Waals surface area contributed by atoms with Crippen LogP contribution in [0.2, 0.25) is 0 Å². The van der Waals surface area contributed by atoms with E-state index < -0.39 is 97.5 Å². The van der Waals surface area contributed by atoms with Gasteiger partial charge in [-0.2, -0.15) is 0 Å². The van der Waals surface area contributed by atoms with Gasteiger partial charge in [0.05, 0.1) is 26.4 Å². The largest absolute Gasteiger partial charge is 0.472 e. The Balaban J connectivity index is 5.22. The molecule has 0 aromatic rings. The number of aliphatic hydroxyl groups is 1. The summed E-state index contributed by atoms with van der Waals surface area (Å²) in [5.74, 6) is 0.828. The van der Waals surface area contributed by atoms with Crippen LogP contribution in [0.4, 0.5) is 0 Å². The number of ether oxygens (including phenoxy) is 4. The number of aliphatic hydroxyl groups excluding tert-OH is 1. The lowest BCUT2D eigenvalue weighted by atomic mass is 10.00. The van der Waals surface area contributed by atoms with Crippen LogP contribution < -0.4 is 0 Å². The van der Waals surface area contributed by atoms with Gasteiger partial charge in [0.1, 0.15) is 19.3 Å². The molecule has 6 atom stereocenters. The molecule has 0 saturated carbocycles. The molecule has 0 rings (SSSR count). The van der Waals surface area contributed by atoms with Crippen molar-refractivity contribution in [2.24, 2.45) is 23.7 Å². The van der Waals surface area contributed by atoms with Gasteiger partial charge in [-0.25, -0.2) is 9.13 Å². The van der Waals surface area contributed by atoms with Gasteiger partial charge in [0.15, 0.2) is 12.2 Å². The summed E-state index contributed by atoms with van der Waals surface area (Å²) in [6.07, 6.45) is 41.9. The fourth-order valence-electron chi connectivity index (χ4n) is 10.5. The first-order valence-corrected chi connectivity index (χ1v) is 39.2. The van der Waals surface area contributed by atoms with E-state index in [0.717, 1.165) is 114 Å². The number of phosphoric acid groups is 2. The van der Waals surface area contributed by atoms with E-state index in [2.05, 4.69) is 55.4 Å². The molecular weight excluding hydrogens is 1170 g/mol. The summed E-state index contributed by atoms with van der Waals surface area (Å²) in [6, 6.07) is 0. The van der Waals surface area contributed by atoms with E-state index in [0.29, 0.717) is 31.6 Å². The van der Waals surface area contributed by atoms with E-state index in [1.54, 1.807) is 0 Å². The van der Waals surface area contributed by atoms with Crippen LogP contribution in [0.15, 0.2) is 0 Å². The Morgan fingerprint density at radius 2 is 0.539 bits per heavy atom. The molecule has 0 fully saturated rings. The second-order valence-electron chi connectivity index (χ2n) is 26.9. The second-order valence-corrected chi connectivity index (χ2v) is 29.8. The van der Waals surface area contributed by atoms with Crippen molar-refractivity contribution in [2.75, 3.05) is 39.6 Å². The normalized spacial score (nSPS) is 14.6. The third-order valence-electron chi connectivity index (χ3n) is 16.4. The average Bonchev–Trinajstić information content (AvgIpc) is 3.67. The molecule has 4 unspecified atom stereocenters. The summed E-state index contributed by atoms with van der Waals surface area (Å²) in [7, 11) is -9.90. The molecule has 0 aliphatic rings. The highest BCUT2D eigenvalue weighted by molar-refractivity contribution is 7.47. The Morgan fingerprint density at radius 1 is 0.315 bits per heavy atom. The molecule has 0 spiro atoms. The lowest BCUT2D eigenvalue weighted by molar-refractivity contribution is -0.161. The number of rotatable bonds is 67. The van der Waals surface area contributed by atoms with E-state index in [-0.39, 0.29) is 25.7 Å². The summed E-state index contributed by atoms with van der Waals surface area (Å²) in [5.41, 5.74) is 0. The molecule has 0 aliphatic carbocycles. The maximum absolute atomic E-state index is 13.0. The van der Waals surface area contributed by atoms with Crippen LogP contribution in [-0.4, -0.2) is 96.7 Å². The minimum atomic E-state index is -4.95. The van der Waals surface area contributed by atoms with Gasteiger partial charge in [0.2, 0.25) is 0 Å². The zero-order valence-electron chi connectivity index (χ0n) is 58.1. The molecule has 17 nitrogen and oxygen atoms in total. The molecule has 0 radical (unpaired) electrons. The van der Waals surface area contributed by atoms with Crippen molar-refractivity contribution in [3.05, 3.63) is 0 Å². The van der Waals surface area contributed by atoms with Crippen molar-refractivity contribution in [3.8, 4) is 0 Å². The number of unbranched alkanes of at least 4 members (excludes halogenated alkanes) is 32. The van der Waals surface area contributed by atoms with Crippen LogP contribution in [0, 0.1) is 23.7 Å². The quantitative estimate of drug-likeness (QED) is 0.0222.